The number of nitrogens with zero attached hydrogens (tertiary/aromatic N) is 2. The summed E-state index contributed by atoms with van der Waals surface area (Å²) in [6, 6.07) is -0.0429. The summed E-state index contributed by atoms with van der Waals surface area (Å²) in [4.78, 5) is 13.8. The maximum absolute atomic E-state index is 12.0. The summed E-state index contributed by atoms with van der Waals surface area (Å²) in [6.07, 6.45) is 0.861. The minimum Gasteiger partial charge on any atom is -0.309 e. The first kappa shape index (κ1) is 10.2. The molecule has 0 saturated carbocycles. The van der Waals surface area contributed by atoms with Gasteiger partial charge in [-0.1, -0.05) is 0 Å². The molecule has 1 fully saturated rings. The van der Waals surface area contributed by atoms with Crippen LogP contribution in [0.3, 0.4) is 0 Å². The van der Waals surface area contributed by atoms with Gasteiger partial charge in [0.05, 0.1) is 23.1 Å². The third kappa shape index (κ3) is 1.52. The second kappa shape index (κ2) is 3.66. The van der Waals surface area contributed by atoms with E-state index in [0.717, 1.165) is 30.0 Å². The average molecular weight is 208 g/mol. The SMILES string of the molecule is CNC1CCN(c2c(C)n[nH]c2C)C1=O. The van der Waals surface area contributed by atoms with E-state index in [-0.39, 0.29) is 11.9 Å². The first-order valence-corrected chi connectivity index (χ1v) is 5.15. The van der Waals surface area contributed by atoms with Gasteiger partial charge in [-0.2, -0.15) is 5.10 Å². The number of likely N-dealkylation sites (N-methyl/N-ethyl adjacent to an activating group) is 1. The highest BCUT2D eigenvalue weighted by Gasteiger charge is 2.33. The van der Waals surface area contributed by atoms with Gasteiger partial charge >= 0.3 is 0 Å². The molecule has 82 valence electrons. The molecule has 2 N–H and O–H groups in total. The van der Waals surface area contributed by atoms with Gasteiger partial charge in [0.25, 0.3) is 0 Å². The van der Waals surface area contributed by atoms with Crippen molar-refractivity contribution in [3.05, 3.63) is 11.4 Å². The van der Waals surface area contributed by atoms with E-state index in [9.17, 15) is 4.79 Å². The molecule has 15 heavy (non-hydrogen) atoms. The highest BCUT2D eigenvalue weighted by atomic mass is 16.2. The van der Waals surface area contributed by atoms with Crippen LogP contribution in [0.2, 0.25) is 0 Å². The lowest BCUT2D eigenvalue weighted by Gasteiger charge is -2.16. The highest BCUT2D eigenvalue weighted by Crippen LogP contribution is 2.26. The van der Waals surface area contributed by atoms with E-state index in [1.54, 1.807) is 0 Å². The van der Waals surface area contributed by atoms with E-state index in [4.69, 9.17) is 0 Å². The molecule has 0 spiro atoms. The molecule has 1 atom stereocenters. The van der Waals surface area contributed by atoms with Crippen molar-refractivity contribution < 1.29 is 4.79 Å². The van der Waals surface area contributed by atoms with E-state index < -0.39 is 0 Å². The number of aromatic amines is 1. The lowest BCUT2D eigenvalue weighted by atomic mass is 10.2. The Morgan fingerprint density at radius 2 is 2.27 bits per heavy atom. The molecule has 1 amide bonds. The van der Waals surface area contributed by atoms with Crippen molar-refractivity contribution in [2.24, 2.45) is 0 Å². The molecular formula is C10H16N4O. The summed E-state index contributed by atoms with van der Waals surface area (Å²) in [6.45, 7) is 4.62. The van der Waals surface area contributed by atoms with E-state index in [0.29, 0.717) is 0 Å². The van der Waals surface area contributed by atoms with Crippen LogP contribution in [-0.4, -0.2) is 35.7 Å². The Morgan fingerprint density at radius 1 is 1.53 bits per heavy atom. The van der Waals surface area contributed by atoms with Crippen molar-refractivity contribution in [3.63, 3.8) is 0 Å². The molecular weight excluding hydrogens is 192 g/mol. The molecule has 1 aromatic heterocycles. The van der Waals surface area contributed by atoms with Gasteiger partial charge < -0.3 is 10.2 Å². The number of carbonyl (C=O) groups is 1. The number of aryl methyl sites for hydroxylation is 2. The van der Waals surface area contributed by atoms with Gasteiger partial charge in [-0.15, -0.1) is 0 Å². The van der Waals surface area contributed by atoms with Gasteiger partial charge in [-0.05, 0) is 27.3 Å². The number of H-pyrrole nitrogens is 1. The molecule has 1 aliphatic rings. The van der Waals surface area contributed by atoms with Crippen molar-refractivity contribution in [2.75, 3.05) is 18.5 Å². The fourth-order valence-electron chi connectivity index (χ4n) is 2.11. The Kier molecular flexibility index (Phi) is 2.48. The van der Waals surface area contributed by atoms with Crippen molar-refractivity contribution in [3.8, 4) is 0 Å². The minimum atomic E-state index is -0.0429. The molecule has 1 unspecified atom stereocenters. The fraction of sp³-hybridized carbons (Fsp3) is 0.600. The Labute approximate surface area is 88.8 Å². The van der Waals surface area contributed by atoms with Gasteiger partial charge in [0, 0.05) is 6.54 Å². The normalized spacial score (nSPS) is 21.4. The summed E-state index contributed by atoms with van der Waals surface area (Å²) in [5.74, 6) is 0.144. The van der Waals surface area contributed by atoms with Crippen LogP contribution >= 0.6 is 0 Å². The number of nitrogens with one attached hydrogen (secondary N) is 2. The Hall–Kier alpha value is -1.36. The van der Waals surface area contributed by atoms with Crippen molar-refractivity contribution in [2.45, 2.75) is 26.3 Å². The predicted molar refractivity (Wildman–Crippen MR) is 57.9 cm³/mol. The number of amides is 1. The summed E-state index contributed by atoms with van der Waals surface area (Å²) >= 11 is 0. The summed E-state index contributed by atoms with van der Waals surface area (Å²) in [5.41, 5.74) is 2.79. The second-order valence-electron chi connectivity index (χ2n) is 3.90. The van der Waals surface area contributed by atoms with Crippen LogP contribution in [0.15, 0.2) is 0 Å². The van der Waals surface area contributed by atoms with Gasteiger partial charge in [0.2, 0.25) is 5.91 Å². The zero-order chi connectivity index (χ0) is 11.0. The molecule has 0 aromatic carbocycles. The number of aromatic nitrogens is 2. The van der Waals surface area contributed by atoms with Crippen LogP contribution < -0.4 is 10.2 Å². The second-order valence-corrected chi connectivity index (χ2v) is 3.90. The smallest absolute Gasteiger partial charge is 0.244 e. The van der Waals surface area contributed by atoms with E-state index in [1.807, 2.05) is 25.8 Å². The summed E-state index contributed by atoms with van der Waals surface area (Å²) in [7, 11) is 1.82. The largest absolute Gasteiger partial charge is 0.309 e. The zero-order valence-corrected chi connectivity index (χ0v) is 9.29. The van der Waals surface area contributed by atoms with Crippen LogP contribution in [0.4, 0.5) is 5.69 Å². The van der Waals surface area contributed by atoms with Gasteiger partial charge in [-0.3, -0.25) is 9.89 Å². The van der Waals surface area contributed by atoms with Crippen molar-refractivity contribution >= 4 is 11.6 Å². The third-order valence-electron chi connectivity index (χ3n) is 2.91. The Bertz CT molecular complexity index is 365. The van der Waals surface area contributed by atoms with Gasteiger partial charge in [-0.25, -0.2) is 0 Å². The molecule has 1 saturated heterocycles. The number of carbonyl (C=O) groups excluding carboxylic acids is 1. The molecule has 0 bridgehead atoms. The van der Waals surface area contributed by atoms with Crippen LogP contribution in [0.1, 0.15) is 17.8 Å². The monoisotopic (exact) mass is 208 g/mol. The first-order chi connectivity index (χ1) is 7.15. The number of hydrogen-bond acceptors (Lipinski definition) is 3. The van der Waals surface area contributed by atoms with Crippen molar-refractivity contribution in [1.29, 1.82) is 0 Å². The van der Waals surface area contributed by atoms with E-state index >= 15 is 0 Å². The standard InChI is InChI=1S/C10H16N4O/c1-6-9(7(2)13-12-6)14-5-4-8(11-3)10(14)15/h8,11H,4-5H2,1-3H3,(H,12,13). The average Bonchev–Trinajstić information content (AvgIpc) is 2.71. The molecule has 5 nitrogen and oxygen atoms in total. The molecule has 5 heteroatoms. The van der Waals surface area contributed by atoms with Gasteiger partial charge in [0.1, 0.15) is 0 Å². The van der Waals surface area contributed by atoms with Crippen LogP contribution in [-0.2, 0) is 4.79 Å². The molecule has 0 aliphatic carbocycles. The van der Waals surface area contributed by atoms with Crippen LogP contribution in [0.25, 0.3) is 0 Å². The summed E-state index contributed by atoms with van der Waals surface area (Å²) < 4.78 is 0. The molecule has 1 aromatic rings. The van der Waals surface area contributed by atoms with E-state index in [2.05, 4.69) is 15.5 Å². The van der Waals surface area contributed by atoms with E-state index in [1.165, 1.54) is 0 Å². The Morgan fingerprint density at radius 3 is 2.73 bits per heavy atom. The van der Waals surface area contributed by atoms with Crippen LogP contribution in [0, 0.1) is 13.8 Å². The lowest BCUT2D eigenvalue weighted by molar-refractivity contribution is -0.118. The third-order valence-corrected chi connectivity index (χ3v) is 2.91. The first-order valence-electron chi connectivity index (χ1n) is 5.15. The fourth-order valence-corrected chi connectivity index (χ4v) is 2.11. The number of hydrogen-bond donors (Lipinski definition) is 2. The molecule has 2 rings (SSSR count). The highest BCUT2D eigenvalue weighted by molar-refractivity contribution is 6.00. The quantitative estimate of drug-likeness (QED) is 0.737. The molecule has 1 aliphatic heterocycles. The maximum atomic E-state index is 12.0. The molecule has 2 heterocycles. The lowest BCUT2D eigenvalue weighted by Crippen LogP contribution is -2.36. The number of anilines is 1. The molecule has 0 radical (unpaired) electrons. The topological polar surface area (TPSA) is 61.0 Å². The summed E-state index contributed by atoms with van der Waals surface area (Å²) in [5, 5.41) is 10.0. The van der Waals surface area contributed by atoms with Gasteiger partial charge in [0.15, 0.2) is 0 Å². The Balaban J connectivity index is 2.30. The number of rotatable bonds is 2. The van der Waals surface area contributed by atoms with Crippen molar-refractivity contribution in [1.82, 2.24) is 15.5 Å². The zero-order valence-electron chi connectivity index (χ0n) is 9.29. The maximum Gasteiger partial charge on any atom is 0.244 e. The predicted octanol–water partition coefficient (Wildman–Crippen LogP) is 0.351. The van der Waals surface area contributed by atoms with Crippen LogP contribution in [0.5, 0.6) is 0 Å². The minimum absolute atomic E-state index is 0.0429.